The lowest BCUT2D eigenvalue weighted by Crippen LogP contribution is -2.38. The average Bonchev–Trinajstić information content (AvgIpc) is 2.70. The van der Waals surface area contributed by atoms with Crippen LogP contribution in [0.5, 0.6) is 0 Å². The first-order valence-electron chi connectivity index (χ1n) is 6.25. The number of hydrogen-bond acceptors (Lipinski definition) is 4. The summed E-state index contributed by atoms with van der Waals surface area (Å²) in [6.45, 7) is 5.49. The molecule has 0 aromatic carbocycles. The van der Waals surface area contributed by atoms with Gasteiger partial charge in [-0.05, 0) is 32.4 Å². The summed E-state index contributed by atoms with van der Waals surface area (Å²) in [5.74, 6) is -0.379. The molecule has 0 radical (unpaired) electrons. The molecule has 1 atom stereocenters. The van der Waals surface area contributed by atoms with Crippen molar-refractivity contribution < 1.29 is 9.53 Å². The molecule has 1 unspecified atom stereocenters. The van der Waals surface area contributed by atoms with E-state index < -0.39 is 11.6 Å². The molecule has 2 aromatic heterocycles. The van der Waals surface area contributed by atoms with Crippen molar-refractivity contribution in [3.8, 4) is 0 Å². The molecule has 0 saturated heterocycles. The van der Waals surface area contributed by atoms with Gasteiger partial charge in [0, 0.05) is 24.2 Å². The van der Waals surface area contributed by atoms with Crippen LogP contribution in [0.1, 0.15) is 26.3 Å². The Morgan fingerprint density at radius 2 is 2.26 bits per heavy atom. The molecule has 2 heterocycles. The van der Waals surface area contributed by atoms with Gasteiger partial charge < -0.3 is 15.5 Å². The first-order valence-corrected chi connectivity index (χ1v) is 6.25. The van der Waals surface area contributed by atoms with E-state index in [-0.39, 0.29) is 5.97 Å². The number of fused-ring (bicyclic) bond motifs is 1. The molecule has 102 valence electrons. The number of H-pyrrole nitrogens is 1. The fourth-order valence-corrected chi connectivity index (χ4v) is 1.90. The van der Waals surface area contributed by atoms with Gasteiger partial charge >= 0.3 is 5.97 Å². The molecule has 0 bridgehead atoms. The molecular weight excluding hydrogens is 242 g/mol. The van der Waals surface area contributed by atoms with Crippen molar-refractivity contribution in [3.05, 3.63) is 30.2 Å². The van der Waals surface area contributed by atoms with Crippen LogP contribution in [0, 0.1) is 0 Å². The van der Waals surface area contributed by atoms with Crippen LogP contribution in [0.3, 0.4) is 0 Å². The second kappa shape index (κ2) is 5.01. The van der Waals surface area contributed by atoms with Crippen LogP contribution < -0.4 is 5.73 Å². The Morgan fingerprint density at radius 3 is 2.95 bits per heavy atom. The smallest absolute Gasteiger partial charge is 0.323 e. The maximum absolute atomic E-state index is 11.9. The maximum atomic E-state index is 11.9. The van der Waals surface area contributed by atoms with Crippen molar-refractivity contribution in [2.75, 3.05) is 0 Å². The molecule has 0 saturated carbocycles. The van der Waals surface area contributed by atoms with Gasteiger partial charge in [0.2, 0.25) is 0 Å². The van der Waals surface area contributed by atoms with E-state index >= 15 is 0 Å². The fraction of sp³-hybridized carbons (Fsp3) is 0.429. The highest BCUT2D eigenvalue weighted by Crippen LogP contribution is 2.18. The predicted molar refractivity (Wildman–Crippen MR) is 73.6 cm³/mol. The summed E-state index contributed by atoms with van der Waals surface area (Å²) in [6, 6.07) is 1.24. The van der Waals surface area contributed by atoms with Crippen molar-refractivity contribution in [2.24, 2.45) is 5.73 Å². The summed E-state index contributed by atoms with van der Waals surface area (Å²) in [4.78, 5) is 19.0. The highest BCUT2D eigenvalue weighted by molar-refractivity contribution is 5.83. The molecule has 0 aliphatic carbocycles. The minimum atomic E-state index is -0.661. The van der Waals surface area contributed by atoms with Gasteiger partial charge in [-0.15, -0.1) is 0 Å². The molecule has 5 nitrogen and oxygen atoms in total. The summed E-state index contributed by atoms with van der Waals surface area (Å²) >= 11 is 0. The standard InChI is InChI=1S/C14H19N3O2/c1-14(2,3)19-13(18)11(15)6-9-7-17-12-8-16-5-4-10(9)12/h4-5,7-8,11,17H,6,15H2,1-3H3. The van der Waals surface area contributed by atoms with Gasteiger partial charge in [-0.1, -0.05) is 0 Å². The lowest BCUT2D eigenvalue weighted by Gasteiger charge is -2.22. The van der Waals surface area contributed by atoms with Gasteiger partial charge in [-0.2, -0.15) is 0 Å². The topological polar surface area (TPSA) is 81.0 Å². The van der Waals surface area contributed by atoms with Gasteiger partial charge in [0.25, 0.3) is 0 Å². The van der Waals surface area contributed by atoms with Gasteiger partial charge in [0.05, 0.1) is 11.7 Å². The fourth-order valence-electron chi connectivity index (χ4n) is 1.90. The highest BCUT2D eigenvalue weighted by Gasteiger charge is 2.23. The van der Waals surface area contributed by atoms with Crippen LogP contribution in [0.15, 0.2) is 24.7 Å². The van der Waals surface area contributed by atoms with E-state index in [9.17, 15) is 4.79 Å². The monoisotopic (exact) mass is 261 g/mol. The van der Waals surface area contributed by atoms with E-state index in [1.165, 1.54) is 0 Å². The van der Waals surface area contributed by atoms with Crippen molar-refractivity contribution in [1.82, 2.24) is 9.97 Å². The van der Waals surface area contributed by atoms with Crippen molar-refractivity contribution in [2.45, 2.75) is 38.8 Å². The largest absolute Gasteiger partial charge is 0.459 e. The van der Waals surface area contributed by atoms with Crippen LogP contribution in [0.2, 0.25) is 0 Å². The number of carbonyl (C=O) groups excluding carboxylic acids is 1. The zero-order valence-electron chi connectivity index (χ0n) is 11.4. The zero-order chi connectivity index (χ0) is 14.0. The molecule has 0 aliphatic heterocycles. The number of nitrogens with one attached hydrogen (secondary N) is 1. The van der Waals surface area contributed by atoms with Crippen LogP contribution in [0.4, 0.5) is 0 Å². The molecule has 0 aliphatic rings. The molecule has 0 amide bonds. The van der Waals surface area contributed by atoms with Crippen LogP contribution in [-0.4, -0.2) is 27.6 Å². The number of carbonyl (C=O) groups is 1. The molecule has 0 fully saturated rings. The zero-order valence-corrected chi connectivity index (χ0v) is 11.4. The Morgan fingerprint density at radius 1 is 1.53 bits per heavy atom. The van der Waals surface area contributed by atoms with Crippen LogP contribution in [-0.2, 0) is 16.0 Å². The maximum Gasteiger partial charge on any atom is 0.323 e. The number of aromatic nitrogens is 2. The summed E-state index contributed by atoms with van der Waals surface area (Å²) in [5, 5.41) is 1.04. The number of rotatable bonds is 3. The lowest BCUT2D eigenvalue weighted by atomic mass is 10.1. The number of esters is 1. The Kier molecular flexibility index (Phi) is 3.57. The Balaban J connectivity index is 2.10. The van der Waals surface area contributed by atoms with Crippen LogP contribution in [0.25, 0.3) is 10.9 Å². The third-order valence-corrected chi connectivity index (χ3v) is 2.72. The van der Waals surface area contributed by atoms with Crippen molar-refractivity contribution in [3.63, 3.8) is 0 Å². The van der Waals surface area contributed by atoms with E-state index in [0.717, 1.165) is 16.5 Å². The second-order valence-electron chi connectivity index (χ2n) is 5.58. The van der Waals surface area contributed by atoms with Gasteiger partial charge in [-0.3, -0.25) is 9.78 Å². The summed E-state index contributed by atoms with van der Waals surface area (Å²) in [5.41, 5.74) is 7.32. The third-order valence-electron chi connectivity index (χ3n) is 2.72. The third kappa shape index (κ3) is 3.32. The predicted octanol–water partition coefficient (Wildman–Crippen LogP) is 1.77. The quantitative estimate of drug-likeness (QED) is 0.825. The SMILES string of the molecule is CC(C)(C)OC(=O)C(N)Cc1c[nH]c2cnccc12. The first kappa shape index (κ1) is 13.5. The summed E-state index contributed by atoms with van der Waals surface area (Å²) < 4.78 is 5.27. The Labute approximate surface area is 112 Å². The van der Waals surface area contributed by atoms with Gasteiger partial charge in [0.1, 0.15) is 11.6 Å². The first-order chi connectivity index (χ1) is 8.87. The average molecular weight is 261 g/mol. The van der Waals surface area contributed by atoms with E-state index in [4.69, 9.17) is 10.5 Å². The van der Waals surface area contributed by atoms with E-state index in [1.807, 2.05) is 33.0 Å². The number of nitrogens with two attached hydrogens (primary N) is 1. The summed E-state index contributed by atoms with van der Waals surface area (Å²) in [6.07, 6.45) is 5.77. The van der Waals surface area contributed by atoms with Crippen LogP contribution >= 0.6 is 0 Å². The number of nitrogens with zero attached hydrogens (tertiary/aromatic N) is 1. The highest BCUT2D eigenvalue weighted by atomic mass is 16.6. The molecule has 19 heavy (non-hydrogen) atoms. The second-order valence-corrected chi connectivity index (χ2v) is 5.58. The number of ether oxygens (including phenoxy) is 1. The number of aromatic amines is 1. The normalized spacial score (nSPS) is 13.5. The Hall–Kier alpha value is -1.88. The molecule has 5 heteroatoms. The molecular formula is C14H19N3O2. The lowest BCUT2D eigenvalue weighted by molar-refractivity contribution is -0.156. The van der Waals surface area contributed by atoms with E-state index in [0.29, 0.717) is 6.42 Å². The number of pyridine rings is 1. The molecule has 2 rings (SSSR count). The minimum Gasteiger partial charge on any atom is -0.459 e. The number of hydrogen-bond donors (Lipinski definition) is 2. The summed E-state index contributed by atoms with van der Waals surface area (Å²) in [7, 11) is 0. The van der Waals surface area contributed by atoms with Gasteiger partial charge in [-0.25, -0.2) is 0 Å². The molecule has 2 aromatic rings. The minimum absolute atomic E-state index is 0.379. The molecule has 3 N–H and O–H groups in total. The van der Waals surface area contributed by atoms with Crippen molar-refractivity contribution >= 4 is 16.9 Å². The van der Waals surface area contributed by atoms with Gasteiger partial charge in [0.15, 0.2) is 0 Å². The Bertz CT molecular complexity index is 584. The van der Waals surface area contributed by atoms with Crippen molar-refractivity contribution in [1.29, 1.82) is 0 Å². The van der Waals surface area contributed by atoms with E-state index in [1.54, 1.807) is 12.4 Å². The molecule has 0 spiro atoms. The van der Waals surface area contributed by atoms with E-state index in [2.05, 4.69) is 9.97 Å².